The number of benzene rings is 3. The van der Waals surface area contributed by atoms with Crippen LogP contribution in [0.4, 0.5) is 0 Å². The van der Waals surface area contributed by atoms with Gasteiger partial charge in [-0.2, -0.15) is 0 Å². The number of hydrogen-bond donors (Lipinski definition) is 1. The third-order valence-corrected chi connectivity index (χ3v) is 3.84. The zero-order chi connectivity index (χ0) is 13.9. The van der Waals surface area contributed by atoms with Gasteiger partial charge in [0.15, 0.2) is 0 Å². The summed E-state index contributed by atoms with van der Waals surface area (Å²) in [5.74, 6) is 0. The van der Waals surface area contributed by atoms with Crippen LogP contribution in [0.3, 0.4) is 0 Å². The molecule has 0 aromatic heterocycles. The Labute approximate surface area is 125 Å². The molecule has 20 heavy (non-hydrogen) atoms. The van der Waals surface area contributed by atoms with E-state index in [1.54, 1.807) is 0 Å². The number of hydrogen-bond acceptors (Lipinski definition) is 1. The highest BCUT2D eigenvalue weighted by Gasteiger charge is 2.08. The van der Waals surface area contributed by atoms with Gasteiger partial charge in [-0.05, 0) is 35.2 Å². The van der Waals surface area contributed by atoms with Gasteiger partial charge in [-0.3, -0.25) is 0 Å². The molecule has 1 heteroatoms. The largest absolute Gasteiger partial charge is 0.143 e. The maximum absolute atomic E-state index is 4.59. The summed E-state index contributed by atoms with van der Waals surface area (Å²) in [5.41, 5.74) is 6.17. The van der Waals surface area contributed by atoms with E-state index in [-0.39, 0.29) is 0 Å². The van der Waals surface area contributed by atoms with Gasteiger partial charge in [-0.1, -0.05) is 72.3 Å². The molecule has 0 heterocycles. The molecule has 3 aromatic rings. The van der Waals surface area contributed by atoms with Crippen molar-refractivity contribution >= 4 is 12.6 Å². The lowest BCUT2D eigenvalue weighted by molar-refractivity contribution is 1.44. The highest BCUT2D eigenvalue weighted by molar-refractivity contribution is 7.80. The minimum absolute atomic E-state index is 1.01. The minimum Gasteiger partial charge on any atom is -0.143 e. The minimum atomic E-state index is 1.01. The van der Waals surface area contributed by atoms with Crippen molar-refractivity contribution in [3.05, 3.63) is 78.4 Å². The fourth-order valence-corrected chi connectivity index (χ4v) is 2.76. The van der Waals surface area contributed by atoms with Crippen molar-refractivity contribution in [2.24, 2.45) is 0 Å². The lowest BCUT2D eigenvalue weighted by Crippen LogP contribution is -1.86. The Kier molecular flexibility index (Phi) is 3.62. The average Bonchev–Trinajstić information content (AvgIpc) is 2.48. The monoisotopic (exact) mass is 276 g/mol. The van der Waals surface area contributed by atoms with E-state index in [9.17, 15) is 0 Å². The Morgan fingerprint density at radius 3 is 2.00 bits per heavy atom. The van der Waals surface area contributed by atoms with E-state index in [0.717, 1.165) is 4.90 Å². The van der Waals surface area contributed by atoms with Gasteiger partial charge in [0.1, 0.15) is 0 Å². The van der Waals surface area contributed by atoms with Crippen molar-refractivity contribution in [1.82, 2.24) is 0 Å². The lowest BCUT2D eigenvalue weighted by atomic mass is 9.94. The van der Waals surface area contributed by atoms with Crippen LogP contribution in [-0.4, -0.2) is 0 Å². The molecule has 0 nitrogen and oxygen atoms in total. The molecule has 0 bridgehead atoms. The van der Waals surface area contributed by atoms with E-state index < -0.39 is 0 Å². The van der Waals surface area contributed by atoms with Gasteiger partial charge in [0, 0.05) is 4.90 Å². The topological polar surface area (TPSA) is 0 Å². The molecule has 3 aromatic carbocycles. The first-order valence-electron chi connectivity index (χ1n) is 6.70. The molecular formula is C19H16S. The van der Waals surface area contributed by atoms with Gasteiger partial charge in [0.2, 0.25) is 0 Å². The van der Waals surface area contributed by atoms with E-state index in [4.69, 9.17) is 0 Å². The quantitative estimate of drug-likeness (QED) is 0.577. The zero-order valence-corrected chi connectivity index (χ0v) is 12.3. The normalized spacial score (nSPS) is 10.5. The summed E-state index contributed by atoms with van der Waals surface area (Å²) < 4.78 is 0. The highest BCUT2D eigenvalue weighted by atomic mass is 32.1. The molecule has 0 amide bonds. The van der Waals surface area contributed by atoms with Crippen LogP contribution in [0.25, 0.3) is 22.3 Å². The molecule has 0 aliphatic rings. The molecule has 98 valence electrons. The smallest absolute Gasteiger partial charge is 0.0119 e. The molecule has 0 aliphatic carbocycles. The molecule has 0 N–H and O–H groups in total. The van der Waals surface area contributed by atoms with Gasteiger partial charge in [-0.15, -0.1) is 12.6 Å². The summed E-state index contributed by atoms with van der Waals surface area (Å²) in [6, 6.07) is 25.3. The summed E-state index contributed by atoms with van der Waals surface area (Å²) in [6.07, 6.45) is 0. The second-order valence-electron chi connectivity index (χ2n) is 4.93. The van der Waals surface area contributed by atoms with Crippen LogP contribution in [0.1, 0.15) is 5.56 Å². The van der Waals surface area contributed by atoms with Crippen LogP contribution in [0.5, 0.6) is 0 Å². The van der Waals surface area contributed by atoms with Crippen molar-refractivity contribution in [2.75, 3.05) is 0 Å². The second-order valence-corrected chi connectivity index (χ2v) is 5.41. The highest BCUT2D eigenvalue weighted by Crippen LogP contribution is 2.35. The molecule has 0 spiro atoms. The Hall–Kier alpha value is -1.99. The first kappa shape index (κ1) is 13.0. The van der Waals surface area contributed by atoms with E-state index in [1.807, 2.05) is 12.1 Å². The Morgan fingerprint density at radius 1 is 0.650 bits per heavy atom. The van der Waals surface area contributed by atoms with Crippen molar-refractivity contribution < 1.29 is 0 Å². The Balaban J connectivity index is 2.22. The molecule has 0 saturated carbocycles. The van der Waals surface area contributed by atoms with Gasteiger partial charge in [-0.25, -0.2) is 0 Å². The van der Waals surface area contributed by atoms with Gasteiger partial charge >= 0.3 is 0 Å². The van der Waals surface area contributed by atoms with E-state index in [1.165, 1.54) is 27.8 Å². The van der Waals surface area contributed by atoms with Gasteiger partial charge in [0.05, 0.1) is 0 Å². The Morgan fingerprint density at radius 2 is 1.30 bits per heavy atom. The maximum Gasteiger partial charge on any atom is 0.0119 e. The lowest BCUT2D eigenvalue weighted by Gasteiger charge is -2.12. The molecule has 0 aliphatic heterocycles. The SMILES string of the molecule is Cc1cccc(-c2ccccc2-c2ccccc2S)c1. The third-order valence-electron chi connectivity index (χ3n) is 3.45. The standard InChI is InChI=1S/C19H16S/c1-14-7-6-8-15(13-14)16-9-2-3-10-17(16)18-11-4-5-12-19(18)20/h2-13,20H,1H3. The summed E-state index contributed by atoms with van der Waals surface area (Å²) in [6.45, 7) is 2.12. The third kappa shape index (κ3) is 2.50. The van der Waals surface area contributed by atoms with Crippen LogP contribution in [-0.2, 0) is 0 Å². The predicted molar refractivity (Wildman–Crippen MR) is 89.3 cm³/mol. The first-order valence-corrected chi connectivity index (χ1v) is 7.15. The summed E-state index contributed by atoms with van der Waals surface area (Å²) in [4.78, 5) is 1.01. The van der Waals surface area contributed by atoms with E-state index in [0.29, 0.717) is 0 Å². The summed E-state index contributed by atoms with van der Waals surface area (Å²) in [5, 5.41) is 0. The van der Waals surface area contributed by atoms with Gasteiger partial charge in [0.25, 0.3) is 0 Å². The fourth-order valence-electron chi connectivity index (χ4n) is 2.48. The number of thiol groups is 1. The van der Waals surface area contributed by atoms with E-state index in [2.05, 4.69) is 80.2 Å². The van der Waals surface area contributed by atoms with Crippen molar-refractivity contribution in [3.8, 4) is 22.3 Å². The second kappa shape index (κ2) is 5.56. The summed E-state index contributed by atoms with van der Waals surface area (Å²) >= 11 is 4.59. The average molecular weight is 276 g/mol. The fraction of sp³-hybridized carbons (Fsp3) is 0.0526. The Bertz CT molecular complexity index is 744. The zero-order valence-electron chi connectivity index (χ0n) is 11.4. The van der Waals surface area contributed by atoms with Crippen LogP contribution >= 0.6 is 12.6 Å². The van der Waals surface area contributed by atoms with Crippen LogP contribution < -0.4 is 0 Å². The maximum atomic E-state index is 4.59. The molecule has 3 rings (SSSR count). The van der Waals surface area contributed by atoms with Crippen LogP contribution in [0.2, 0.25) is 0 Å². The number of rotatable bonds is 2. The molecule has 0 fully saturated rings. The van der Waals surface area contributed by atoms with Crippen molar-refractivity contribution in [2.45, 2.75) is 11.8 Å². The first-order chi connectivity index (χ1) is 9.75. The van der Waals surface area contributed by atoms with Crippen LogP contribution in [0.15, 0.2) is 77.7 Å². The number of aryl methyl sites for hydroxylation is 1. The summed E-state index contributed by atoms with van der Waals surface area (Å²) in [7, 11) is 0. The molecule has 0 saturated heterocycles. The molecule has 0 unspecified atom stereocenters. The van der Waals surface area contributed by atoms with Crippen molar-refractivity contribution in [3.63, 3.8) is 0 Å². The van der Waals surface area contributed by atoms with E-state index >= 15 is 0 Å². The molecule has 0 atom stereocenters. The van der Waals surface area contributed by atoms with Gasteiger partial charge < -0.3 is 0 Å². The van der Waals surface area contributed by atoms with Crippen molar-refractivity contribution in [1.29, 1.82) is 0 Å². The molecule has 0 radical (unpaired) electrons. The van der Waals surface area contributed by atoms with Crippen LogP contribution in [0, 0.1) is 6.92 Å². The predicted octanol–water partition coefficient (Wildman–Crippen LogP) is 5.62. The molecular weight excluding hydrogens is 260 g/mol.